The molecule has 24 heteroatoms. The van der Waals surface area contributed by atoms with Crippen LogP contribution in [0.4, 0.5) is 17.5 Å². The van der Waals surface area contributed by atoms with Gasteiger partial charge in [-0.1, -0.05) is 12.1 Å². The molecule has 16 heterocycles. The molecule has 0 radical (unpaired) electrons. The van der Waals surface area contributed by atoms with Gasteiger partial charge in [0.05, 0.1) is 40.8 Å². The van der Waals surface area contributed by atoms with E-state index in [1.807, 2.05) is 122 Å². The highest BCUT2D eigenvalue weighted by Crippen LogP contribution is 2.36. The fourth-order valence-corrected chi connectivity index (χ4v) is 14.2. The molecule has 12 aromatic rings. The second-order valence-electron chi connectivity index (χ2n) is 28.2. The van der Waals surface area contributed by atoms with Crippen LogP contribution < -0.4 is 19.4 Å². The van der Waals surface area contributed by atoms with Gasteiger partial charge >= 0.3 is 0 Å². The Bertz CT molecular complexity index is 4640. The van der Waals surface area contributed by atoms with E-state index < -0.39 is 0 Å². The van der Waals surface area contributed by atoms with E-state index in [4.69, 9.17) is 34.6 Å². The van der Waals surface area contributed by atoms with Gasteiger partial charge in [-0.25, -0.2) is 44.9 Å². The van der Waals surface area contributed by atoms with Gasteiger partial charge in [0, 0.05) is 211 Å². The highest BCUT2D eigenvalue weighted by atomic mass is 16.5. The van der Waals surface area contributed by atoms with Gasteiger partial charge < -0.3 is 19.4 Å². The smallest absolute Gasteiger partial charge is 0.161 e. The van der Waals surface area contributed by atoms with Crippen LogP contribution in [0.1, 0.15) is 109 Å². The maximum atomic E-state index is 5.58. The third-order valence-corrected chi connectivity index (χ3v) is 19.8. The Morgan fingerprint density at radius 3 is 1.13 bits per heavy atom. The number of fused-ring (bicyclic) bond motifs is 2. The van der Waals surface area contributed by atoms with Crippen molar-refractivity contribution >= 4 is 17.5 Å². The van der Waals surface area contributed by atoms with Crippen molar-refractivity contribution in [1.82, 2.24) is 100 Å². The summed E-state index contributed by atoms with van der Waals surface area (Å²) in [6.45, 7) is 31.8. The summed E-state index contributed by atoms with van der Waals surface area (Å²) in [5, 5.41) is 22.0. The zero-order valence-corrected chi connectivity index (χ0v) is 61.7. The summed E-state index contributed by atoms with van der Waals surface area (Å²) in [5.74, 6) is 6.09. The Hall–Kier alpha value is -11.1. The SMILES string of the molecule is CCOc1ccc(CN2C3CC2CN(c2ccc(-c4nc(C)cc(Cc5cc(C)[nH]n5)n4)cn2)C3)cc1.Cc1cc(Cc2cc(C)[nH]n2)nc(-c2ccc(N3CCN(Cc4cnccc4C)CC3)nc2)n1.Cc1cc(Cc2cc(C)[nH]n2)nc(-c2ccc(N3CCN(Cc4cnccc4C)CC3)nc2)n1. The van der Waals surface area contributed by atoms with Crippen molar-refractivity contribution < 1.29 is 4.74 Å². The van der Waals surface area contributed by atoms with Crippen molar-refractivity contribution in [2.75, 3.05) is 86.8 Å². The number of piperidine rings is 1. The van der Waals surface area contributed by atoms with Gasteiger partial charge in [0.15, 0.2) is 17.5 Å². The fraction of sp³-hybridized carbons (Fsp3) is 0.358. The molecule has 5 fully saturated rings. The lowest BCUT2D eigenvalue weighted by Crippen LogP contribution is -2.68. The molecule has 1 aromatic carbocycles. The number of ether oxygens (including phenoxy) is 1. The third-order valence-electron chi connectivity index (χ3n) is 19.8. The number of anilines is 3. The monoisotopic (exact) mass is 1400 g/mol. The minimum Gasteiger partial charge on any atom is -0.494 e. The normalized spacial score (nSPS) is 16.1. The molecule has 538 valence electrons. The summed E-state index contributed by atoms with van der Waals surface area (Å²) in [4.78, 5) is 65.9. The molecule has 11 aromatic heterocycles. The summed E-state index contributed by atoms with van der Waals surface area (Å²) in [7, 11) is 0. The molecule has 3 N–H and O–H groups in total. The number of aromatic amines is 3. The lowest BCUT2D eigenvalue weighted by molar-refractivity contribution is -0.00868. The van der Waals surface area contributed by atoms with E-state index in [2.05, 4.69) is 178 Å². The summed E-state index contributed by atoms with van der Waals surface area (Å²) in [6.07, 6.45) is 16.7. The van der Waals surface area contributed by atoms with E-state index in [0.717, 1.165) is 193 Å². The maximum Gasteiger partial charge on any atom is 0.161 e. The van der Waals surface area contributed by atoms with Gasteiger partial charge in [-0.3, -0.25) is 40.0 Å². The number of hydrogen-bond donors (Lipinski definition) is 3. The standard InChI is InChI=1S/C29H33N7O.2C26H30N8/c1-4-37-27-8-5-21(6-9-27)16-36-25-14-26(36)18-35(17-25)28-10-7-22(15-30-28)29-31-19(2)11-23(32-29)13-24-12-20(3)33-34-24;2*1-18-6-7-27-15-22(18)17-33-8-10-34(11-9-33)25-5-4-21(16-28-25)26-29-19(2)12-23(30-26)14-24-13-20(3)31-32-24/h5-12,15,25-26H,4,13-14,16-18H2,1-3H3,(H,33,34);2*4-7,12-13,15-16H,8-11,14,17H2,1-3H3,(H,31,32). The van der Waals surface area contributed by atoms with Gasteiger partial charge in [-0.2, -0.15) is 15.3 Å². The number of pyridine rings is 5. The van der Waals surface area contributed by atoms with Crippen LogP contribution in [0.5, 0.6) is 5.75 Å². The van der Waals surface area contributed by atoms with E-state index in [-0.39, 0.29) is 0 Å². The molecule has 2 bridgehead atoms. The van der Waals surface area contributed by atoms with Crippen LogP contribution in [0.3, 0.4) is 0 Å². The molecule has 105 heavy (non-hydrogen) atoms. The average Bonchev–Trinajstić information content (AvgIpc) is 0.808. The molecular formula is C81H93N23O. The largest absolute Gasteiger partial charge is 0.494 e. The second-order valence-corrected chi connectivity index (χ2v) is 28.2. The van der Waals surface area contributed by atoms with Gasteiger partial charge in [-0.05, 0) is 194 Å². The van der Waals surface area contributed by atoms with Crippen molar-refractivity contribution in [1.29, 1.82) is 0 Å². The first kappa shape index (κ1) is 70.9. The zero-order valence-electron chi connectivity index (χ0n) is 61.7. The number of aromatic nitrogens is 17. The molecule has 2 atom stereocenters. The van der Waals surface area contributed by atoms with Crippen molar-refractivity contribution in [3.63, 3.8) is 0 Å². The predicted molar refractivity (Wildman–Crippen MR) is 409 cm³/mol. The third kappa shape index (κ3) is 18.3. The molecule has 24 nitrogen and oxygen atoms in total. The van der Waals surface area contributed by atoms with E-state index in [9.17, 15) is 0 Å². The lowest BCUT2D eigenvalue weighted by atomic mass is 9.86. The maximum absolute atomic E-state index is 5.58. The highest BCUT2D eigenvalue weighted by Gasteiger charge is 2.44. The number of H-pyrrole nitrogens is 3. The van der Waals surface area contributed by atoms with Gasteiger partial charge in [0.2, 0.25) is 0 Å². The Morgan fingerprint density at radius 1 is 0.400 bits per heavy atom. The van der Waals surface area contributed by atoms with Gasteiger partial charge in [0.25, 0.3) is 0 Å². The van der Waals surface area contributed by atoms with Crippen LogP contribution in [-0.2, 0) is 38.9 Å². The van der Waals surface area contributed by atoms with Crippen molar-refractivity contribution in [2.45, 2.75) is 120 Å². The highest BCUT2D eigenvalue weighted by molar-refractivity contribution is 5.60. The number of aryl methyl sites for hydroxylation is 8. The molecule has 5 aliphatic rings. The number of piperazine rings is 3. The summed E-state index contributed by atoms with van der Waals surface area (Å²) in [5.41, 5.74) is 21.1. The van der Waals surface area contributed by atoms with Gasteiger partial charge in [0.1, 0.15) is 23.2 Å². The van der Waals surface area contributed by atoms with E-state index in [0.29, 0.717) is 55.4 Å². The molecule has 0 saturated carbocycles. The van der Waals surface area contributed by atoms with Crippen molar-refractivity contribution in [2.24, 2.45) is 0 Å². The quantitative estimate of drug-likeness (QED) is 0.0641. The average molecular weight is 1400 g/mol. The fourth-order valence-electron chi connectivity index (χ4n) is 14.2. The molecular weight excluding hydrogens is 1310 g/mol. The molecule has 0 amide bonds. The van der Waals surface area contributed by atoms with Gasteiger partial charge in [-0.15, -0.1) is 0 Å². The minimum atomic E-state index is 0.570. The van der Waals surface area contributed by atoms with Crippen LogP contribution in [0, 0.1) is 55.4 Å². The molecule has 2 unspecified atom stereocenters. The Balaban J connectivity index is 0.000000133. The second kappa shape index (κ2) is 32.7. The molecule has 0 spiro atoms. The summed E-state index contributed by atoms with van der Waals surface area (Å²) in [6, 6.07) is 38.5. The summed E-state index contributed by atoms with van der Waals surface area (Å²) >= 11 is 0. The number of nitrogens with zero attached hydrogens (tertiary/aromatic N) is 20. The Labute approximate surface area is 614 Å². The first-order valence-corrected chi connectivity index (χ1v) is 36.5. The van der Waals surface area contributed by atoms with E-state index in [1.165, 1.54) is 34.2 Å². The Kier molecular flexibility index (Phi) is 22.1. The topological polar surface area (TPSA) is 256 Å². The van der Waals surface area contributed by atoms with Crippen LogP contribution in [0.2, 0.25) is 0 Å². The number of nitrogens with one attached hydrogen (secondary N) is 3. The van der Waals surface area contributed by atoms with E-state index >= 15 is 0 Å². The van der Waals surface area contributed by atoms with Crippen LogP contribution in [-0.4, -0.2) is 184 Å². The summed E-state index contributed by atoms with van der Waals surface area (Å²) < 4.78 is 5.58. The van der Waals surface area contributed by atoms with Crippen LogP contribution >= 0.6 is 0 Å². The zero-order chi connectivity index (χ0) is 72.3. The Morgan fingerprint density at radius 2 is 0.790 bits per heavy atom. The van der Waals surface area contributed by atoms with Crippen LogP contribution in [0.15, 0.2) is 153 Å². The first-order valence-electron chi connectivity index (χ1n) is 36.5. The number of benzene rings is 1. The number of rotatable bonds is 20. The predicted octanol–water partition coefficient (Wildman–Crippen LogP) is 11.3. The minimum absolute atomic E-state index is 0.570. The van der Waals surface area contributed by atoms with Crippen molar-refractivity contribution in [3.8, 4) is 39.9 Å². The molecule has 0 aliphatic carbocycles. The molecule has 5 saturated heterocycles. The molecule has 17 rings (SSSR count). The van der Waals surface area contributed by atoms with E-state index in [1.54, 1.807) is 0 Å². The van der Waals surface area contributed by atoms with Crippen molar-refractivity contribution in [3.05, 3.63) is 249 Å². The van der Waals surface area contributed by atoms with Crippen LogP contribution in [0.25, 0.3) is 34.2 Å². The number of hydrogen-bond acceptors (Lipinski definition) is 21. The first-order chi connectivity index (χ1) is 51.1. The lowest BCUT2D eigenvalue weighted by Gasteiger charge is -2.56. The molecule has 5 aliphatic heterocycles.